The second-order valence-corrected chi connectivity index (χ2v) is 5.09. The minimum atomic E-state index is -0.468. The third-order valence-corrected chi connectivity index (χ3v) is 3.37. The van der Waals surface area contributed by atoms with Crippen LogP contribution in [0, 0.1) is 6.92 Å². The first-order valence-corrected chi connectivity index (χ1v) is 7.64. The van der Waals surface area contributed by atoms with E-state index in [0.29, 0.717) is 19.8 Å². The van der Waals surface area contributed by atoms with Gasteiger partial charge < -0.3 is 14.8 Å². The summed E-state index contributed by atoms with van der Waals surface area (Å²) in [7, 11) is 0. The third kappa shape index (κ3) is 6.27. The highest BCUT2D eigenvalue weighted by Crippen LogP contribution is 2.17. The van der Waals surface area contributed by atoms with E-state index >= 15 is 0 Å². The minimum Gasteiger partial charge on any atom is -0.379 e. The lowest BCUT2D eigenvalue weighted by Gasteiger charge is -2.20. The zero-order valence-electron chi connectivity index (χ0n) is 13.5. The molecule has 4 nitrogen and oxygen atoms in total. The summed E-state index contributed by atoms with van der Waals surface area (Å²) in [4.78, 5) is 12.1. The zero-order chi connectivity index (χ0) is 15.7. The molecular weight excluding hydrogens is 266 g/mol. The summed E-state index contributed by atoms with van der Waals surface area (Å²) in [6.45, 7) is 9.43. The van der Waals surface area contributed by atoms with Gasteiger partial charge in [-0.3, -0.25) is 4.79 Å². The van der Waals surface area contributed by atoms with Crippen molar-refractivity contribution >= 4 is 5.91 Å². The Balaban J connectivity index is 2.48. The molecule has 2 atom stereocenters. The van der Waals surface area contributed by atoms with Gasteiger partial charge in [-0.15, -0.1) is 0 Å². The SMILES string of the molecule is CCOCCO[C@@H](C)C(=O)N[C@@H](CC)c1ccc(C)cc1. The van der Waals surface area contributed by atoms with Gasteiger partial charge in [-0.25, -0.2) is 0 Å². The van der Waals surface area contributed by atoms with Crippen molar-refractivity contribution in [3.63, 3.8) is 0 Å². The normalized spacial score (nSPS) is 13.7. The van der Waals surface area contributed by atoms with E-state index in [1.807, 2.05) is 6.92 Å². The van der Waals surface area contributed by atoms with Crippen molar-refractivity contribution in [2.24, 2.45) is 0 Å². The number of hydrogen-bond donors (Lipinski definition) is 1. The van der Waals surface area contributed by atoms with E-state index in [0.717, 1.165) is 12.0 Å². The van der Waals surface area contributed by atoms with Gasteiger partial charge >= 0.3 is 0 Å². The molecule has 1 rings (SSSR count). The van der Waals surface area contributed by atoms with Crippen LogP contribution in [0.4, 0.5) is 0 Å². The summed E-state index contributed by atoms with van der Waals surface area (Å²) in [5, 5.41) is 3.04. The second kappa shape index (κ2) is 9.53. The number of nitrogens with one attached hydrogen (secondary N) is 1. The van der Waals surface area contributed by atoms with Crippen LogP contribution in [0.3, 0.4) is 0 Å². The molecule has 0 aliphatic rings. The first-order valence-electron chi connectivity index (χ1n) is 7.64. The summed E-state index contributed by atoms with van der Waals surface area (Å²) in [5.74, 6) is -0.0843. The molecule has 0 saturated heterocycles. The Morgan fingerprint density at radius 3 is 2.43 bits per heavy atom. The number of benzene rings is 1. The molecule has 0 bridgehead atoms. The topological polar surface area (TPSA) is 47.6 Å². The molecule has 1 aromatic rings. The summed E-state index contributed by atoms with van der Waals surface area (Å²) >= 11 is 0. The standard InChI is InChI=1S/C17H27NO3/c1-5-16(15-9-7-13(3)8-10-15)18-17(19)14(4)21-12-11-20-6-2/h7-10,14,16H,5-6,11-12H2,1-4H3,(H,18,19)/t14-,16-/m0/s1. The molecular formula is C17H27NO3. The van der Waals surface area contributed by atoms with Crippen LogP contribution in [-0.2, 0) is 14.3 Å². The number of amides is 1. The van der Waals surface area contributed by atoms with E-state index in [1.165, 1.54) is 5.56 Å². The Labute approximate surface area is 127 Å². The van der Waals surface area contributed by atoms with Crippen molar-refractivity contribution in [3.8, 4) is 0 Å². The number of carbonyl (C=O) groups is 1. The van der Waals surface area contributed by atoms with Gasteiger partial charge in [-0.1, -0.05) is 36.8 Å². The minimum absolute atomic E-state index is 0.0241. The average Bonchev–Trinajstić information content (AvgIpc) is 2.49. The van der Waals surface area contributed by atoms with Crippen molar-refractivity contribution in [2.45, 2.75) is 46.3 Å². The Morgan fingerprint density at radius 1 is 1.19 bits per heavy atom. The van der Waals surface area contributed by atoms with Crippen LogP contribution in [0.15, 0.2) is 24.3 Å². The van der Waals surface area contributed by atoms with Crippen LogP contribution in [0.2, 0.25) is 0 Å². The molecule has 0 aromatic heterocycles. The fourth-order valence-corrected chi connectivity index (χ4v) is 2.01. The van der Waals surface area contributed by atoms with Gasteiger partial charge in [0, 0.05) is 6.61 Å². The molecule has 118 valence electrons. The number of aryl methyl sites for hydroxylation is 1. The molecule has 0 aliphatic heterocycles. The maximum absolute atomic E-state index is 12.1. The van der Waals surface area contributed by atoms with Crippen molar-refractivity contribution in [2.75, 3.05) is 19.8 Å². The number of hydrogen-bond acceptors (Lipinski definition) is 3. The van der Waals surface area contributed by atoms with Crippen LogP contribution in [0.1, 0.15) is 44.4 Å². The van der Waals surface area contributed by atoms with Gasteiger partial charge in [0.05, 0.1) is 19.3 Å². The largest absolute Gasteiger partial charge is 0.379 e. The zero-order valence-corrected chi connectivity index (χ0v) is 13.5. The lowest BCUT2D eigenvalue weighted by atomic mass is 10.0. The van der Waals surface area contributed by atoms with E-state index in [9.17, 15) is 4.79 Å². The van der Waals surface area contributed by atoms with Gasteiger partial charge in [-0.05, 0) is 32.8 Å². The number of ether oxygens (including phenoxy) is 2. The number of carbonyl (C=O) groups excluding carboxylic acids is 1. The monoisotopic (exact) mass is 293 g/mol. The van der Waals surface area contributed by atoms with E-state index < -0.39 is 6.10 Å². The lowest BCUT2D eigenvalue weighted by molar-refractivity contribution is -0.133. The summed E-state index contributed by atoms with van der Waals surface area (Å²) in [6, 6.07) is 8.27. The molecule has 0 unspecified atom stereocenters. The summed E-state index contributed by atoms with van der Waals surface area (Å²) < 4.78 is 10.7. The quantitative estimate of drug-likeness (QED) is 0.712. The third-order valence-electron chi connectivity index (χ3n) is 3.37. The Kier molecular flexibility index (Phi) is 8.01. The molecule has 0 fully saturated rings. The molecule has 1 N–H and O–H groups in total. The highest BCUT2D eigenvalue weighted by molar-refractivity contribution is 5.80. The van der Waals surface area contributed by atoms with E-state index in [1.54, 1.807) is 6.92 Å². The molecule has 4 heteroatoms. The van der Waals surface area contributed by atoms with E-state index in [-0.39, 0.29) is 11.9 Å². The fraction of sp³-hybridized carbons (Fsp3) is 0.588. The van der Waals surface area contributed by atoms with Gasteiger partial charge in [-0.2, -0.15) is 0 Å². The van der Waals surface area contributed by atoms with Crippen molar-refractivity contribution in [3.05, 3.63) is 35.4 Å². The first-order chi connectivity index (χ1) is 10.1. The molecule has 21 heavy (non-hydrogen) atoms. The molecule has 1 amide bonds. The first kappa shape index (κ1) is 17.7. The van der Waals surface area contributed by atoms with Crippen LogP contribution >= 0.6 is 0 Å². The fourth-order valence-electron chi connectivity index (χ4n) is 2.01. The van der Waals surface area contributed by atoms with Crippen LogP contribution < -0.4 is 5.32 Å². The van der Waals surface area contributed by atoms with Crippen molar-refractivity contribution in [1.82, 2.24) is 5.32 Å². The van der Waals surface area contributed by atoms with Crippen LogP contribution in [-0.4, -0.2) is 31.8 Å². The Morgan fingerprint density at radius 2 is 1.86 bits per heavy atom. The Bertz CT molecular complexity index is 417. The van der Waals surface area contributed by atoms with Gasteiger partial charge in [0.15, 0.2) is 0 Å². The predicted octanol–water partition coefficient (Wildman–Crippen LogP) is 3.00. The number of rotatable bonds is 9. The van der Waals surface area contributed by atoms with E-state index in [4.69, 9.17) is 9.47 Å². The van der Waals surface area contributed by atoms with Crippen LogP contribution in [0.5, 0.6) is 0 Å². The molecule has 1 aromatic carbocycles. The molecule has 0 radical (unpaired) electrons. The highest BCUT2D eigenvalue weighted by Gasteiger charge is 2.18. The molecule has 0 spiro atoms. The van der Waals surface area contributed by atoms with E-state index in [2.05, 4.69) is 43.4 Å². The average molecular weight is 293 g/mol. The molecule has 0 heterocycles. The second-order valence-electron chi connectivity index (χ2n) is 5.09. The van der Waals surface area contributed by atoms with Crippen molar-refractivity contribution in [1.29, 1.82) is 0 Å². The smallest absolute Gasteiger partial charge is 0.249 e. The highest BCUT2D eigenvalue weighted by atomic mass is 16.5. The summed E-state index contributed by atoms with van der Waals surface area (Å²) in [5.41, 5.74) is 2.34. The predicted molar refractivity (Wildman–Crippen MR) is 84.3 cm³/mol. The van der Waals surface area contributed by atoms with Crippen molar-refractivity contribution < 1.29 is 14.3 Å². The van der Waals surface area contributed by atoms with Gasteiger partial charge in [0.2, 0.25) is 5.91 Å². The maximum Gasteiger partial charge on any atom is 0.249 e. The maximum atomic E-state index is 12.1. The van der Waals surface area contributed by atoms with Gasteiger partial charge in [0.1, 0.15) is 6.10 Å². The summed E-state index contributed by atoms with van der Waals surface area (Å²) in [6.07, 6.45) is 0.380. The lowest BCUT2D eigenvalue weighted by Crippen LogP contribution is -2.37. The van der Waals surface area contributed by atoms with Gasteiger partial charge in [0.25, 0.3) is 0 Å². The molecule has 0 aliphatic carbocycles. The Hall–Kier alpha value is -1.39. The van der Waals surface area contributed by atoms with Crippen LogP contribution in [0.25, 0.3) is 0 Å². The molecule has 0 saturated carbocycles.